The fourth-order valence-corrected chi connectivity index (χ4v) is 1.81. The van der Waals surface area contributed by atoms with Crippen molar-refractivity contribution in [2.24, 2.45) is 0 Å². The molecule has 0 aliphatic rings. The van der Waals surface area contributed by atoms with Crippen LogP contribution in [0.25, 0.3) is 5.65 Å². The van der Waals surface area contributed by atoms with Crippen LogP contribution >= 0.6 is 0 Å². The zero-order chi connectivity index (χ0) is 13.9. The monoisotopic (exact) mass is 263 g/mol. The molecule has 0 spiro atoms. The Balaban J connectivity index is 1.87. The quantitative estimate of drug-likeness (QED) is 0.764. The lowest BCUT2D eigenvalue weighted by Gasteiger charge is -2.03. The van der Waals surface area contributed by atoms with E-state index in [1.165, 1.54) is 10.7 Å². The Bertz CT molecular complexity index is 813. The molecule has 96 valence electrons. The minimum Gasteiger partial charge on any atom is -0.322 e. The maximum atomic E-state index is 12.2. The first kappa shape index (κ1) is 11.9. The van der Waals surface area contributed by atoms with Crippen LogP contribution in [0.15, 0.2) is 48.9 Å². The first-order chi connectivity index (χ1) is 9.78. The summed E-state index contributed by atoms with van der Waals surface area (Å²) in [5.74, 6) is -0.289. The first-order valence-corrected chi connectivity index (χ1v) is 5.88. The van der Waals surface area contributed by atoms with Crippen molar-refractivity contribution in [3.63, 3.8) is 0 Å². The number of nitrogens with zero attached hydrogens (tertiary/aromatic N) is 4. The number of hydrogen-bond acceptors (Lipinski definition) is 4. The number of nitriles is 1. The molecule has 0 unspecified atom stereocenters. The highest BCUT2D eigenvalue weighted by Gasteiger charge is 2.13. The number of anilines is 1. The molecule has 0 fully saturated rings. The molecule has 1 amide bonds. The molecule has 0 bridgehead atoms. The predicted octanol–water partition coefficient (Wildman–Crippen LogP) is 1.85. The second-order valence-electron chi connectivity index (χ2n) is 4.09. The highest BCUT2D eigenvalue weighted by molar-refractivity contribution is 6.08. The average Bonchev–Trinajstić information content (AvgIpc) is 2.92. The number of fused-ring (bicyclic) bond motifs is 1. The highest BCUT2D eigenvalue weighted by Crippen LogP contribution is 2.13. The van der Waals surface area contributed by atoms with E-state index in [1.54, 1.807) is 42.7 Å². The van der Waals surface area contributed by atoms with Crippen molar-refractivity contribution >= 4 is 17.2 Å². The molecule has 20 heavy (non-hydrogen) atoms. The molecular formula is C14H9N5O. The standard InChI is InChI=1S/C14H9N5O/c15-8-10-2-4-11(5-3-10)18-14(20)12-9-17-19-7-1-6-16-13(12)19/h1-7,9H,(H,18,20). The summed E-state index contributed by atoms with van der Waals surface area (Å²) in [6.45, 7) is 0. The molecule has 3 rings (SSSR count). The van der Waals surface area contributed by atoms with E-state index >= 15 is 0 Å². The van der Waals surface area contributed by atoms with Crippen molar-refractivity contribution in [3.05, 3.63) is 60.0 Å². The molecule has 6 heteroatoms. The van der Waals surface area contributed by atoms with Gasteiger partial charge in [-0.25, -0.2) is 9.50 Å². The van der Waals surface area contributed by atoms with Gasteiger partial charge in [0, 0.05) is 18.1 Å². The Morgan fingerprint density at radius 2 is 2.10 bits per heavy atom. The lowest BCUT2D eigenvalue weighted by atomic mass is 10.2. The molecule has 1 N–H and O–H groups in total. The smallest absolute Gasteiger partial charge is 0.261 e. The summed E-state index contributed by atoms with van der Waals surface area (Å²) >= 11 is 0. The number of benzene rings is 1. The summed E-state index contributed by atoms with van der Waals surface area (Å²) in [7, 11) is 0. The maximum Gasteiger partial charge on any atom is 0.261 e. The first-order valence-electron chi connectivity index (χ1n) is 5.88. The van der Waals surface area contributed by atoms with Gasteiger partial charge in [0.25, 0.3) is 5.91 Å². The van der Waals surface area contributed by atoms with E-state index in [2.05, 4.69) is 15.4 Å². The van der Waals surface area contributed by atoms with Crippen molar-refractivity contribution in [3.8, 4) is 6.07 Å². The molecule has 6 nitrogen and oxygen atoms in total. The lowest BCUT2D eigenvalue weighted by molar-refractivity contribution is 0.102. The van der Waals surface area contributed by atoms with E-state index < -0.39 is 0 Å². The zero-order valence-electron chi connectivity index (χ0n) is 10.3. The second-order valence-corrected chi connectivity index (χ2v) is 4.09. The largest absolute Gasteiger partial charge is 0.322 e. The van der Waals surface area contributed by atoms with Crippen LogP contribution in [0, 0.1) is 11.3 Å². The van der Waals surface area contributed by atoms with Crippen LogP contribution in [0.2, 0.25) is 0 Å². The van der Waals surface area contributed by atoms with Crippen LogP contribution in [0.3, 0.4) is 0 Å². The molecule has 0 saturated carbocycles. The Morgan fingerprint density at radius 3 is 2.85 bits per heavy atom. The van der Waals surface area contributed by atoms with Gasteiger partial charge in [0.1, 0.15) is 5.56 Å². The van der Waals surface area contributed by atoms with Crippen molar-refractivity contribution in [2.45, 2.75) is 0 Å². The van der Waals surface area contributed by atoms with E-state index in [0.29, 0.717) is 22.5 Å². The molecule has 3 aromatic rings. The lowest BCUT2D eigenvalue weighted by Crippen LogP contribution is -2.11. The van der Waals surface area contributed by atoms with Crippen LogP contribution in [-0.2, 0) is 0 Å². The van der Waals surface area contributed by atoms with Crippen LogP contribution in [0.4, 0.5) is 5.69 Å². The molecule has 2 heterocycles. The third-order valence-electron chi connectivity index (χ3n) is 2.80. The summed E-state index contributed by atoms with van der Waals surface area (Å²) in [6.07, 6.45) is 4.80. The minimum atomic E-state index is -0.289. The van der Waals surface area contributed by atoms with Crippen molar-refractivity contribution in [1.29, 1.82) is 5.26 Å². The number of aromatic nitrogens is 3. The number of carbonyl (C=O) groups excluding carboxylic acids is 1. The molecule has 2 aromatic heterocycles. The molecule has 0 saturated heterocycles. The number of hydrogen-bond donors (Lipinski definition) is 1. The van der Waals surface area contributed by atoms with Crippen molar-refractivity contribution in [1.82, 2.24) is 14.6 Å². The number of rotatable bonds is 2. The van der Waals surface area contributed by atoms with Gasteiger partial charge in [0.2, 0.25) is 0 Å². The van der Waals surface area contributed by atoms with Crippen LogP contribution in [-0.4, -0.2) is 20.5 Å². The normalized spacial score (nSPS) is 10.2. The van der Waals surface area contributed by atoms with Gasteiger partial charge in [-0.3, -0.25) is 4.79 Å². The molecular weight excluding hydrogens is 254 g/mol. The van der Waals surface area contributed by atoms with Gasteiger partial charge in [-0.1, -0.05) is 0 Å². The second kappa shape index (κ2) is 4.82. The average molecular weight is 263 g/mol. The van der Waals surface area contributed by atoms with E-state index in [4.69, 9.17) is 5.26 Å². The van der Waals surface area contributed by atoms with Gasteiger partial charge in [-0.15, -0.1) is 0 Å². The van der Waals surface area contributed by atoms with Crippen LogP contribution < -0.4 is 5.32 Å². The van der Waals surface area contributed by atoms with Crippen LogP contribution in [0.1, 0.15) is 15.9 Å². The zero-order valence-corrected chi connectivity index (χ0v) is 10.3. The van der Waals surface area contributed by atoms with E-state index in [-0.39, 0.29) is 5.91 Å². The SMILES string of the molecule is N#Cc1ccc(NC(=O)c2cnn3cccnc23)cc1. The number of amides is 1. The summed E-state index contributed by atoms with van der Waals surface area (Å²) in [5.41, 5.74) is 2.05. The highest BCUT2D eigenvalue weighted by atomic mass is 16.1. The fourth-order valence-electron chi connectivity index (χ4n) is 1.81. The van der Waals surface area contributed by atoms with Gasteiger partial charge in [0.05, 0.1) is 17.8 Å². The third-order valence-corrected chi connectivity index (χ3v) is 2.80. The third kappa shape index (κ3) is 2.08. The Morgan fingerprint density at radius 1 is 1.30 bits per heavy atom. The topological polar surface area (TPSA) is 83.1 Å². The Kier molecular flexibility index (Phi) is 2.86. The van der Waals surface area contributed by atoms with Crippen molar-refractivity contribution in [2.75, 3.05) is 5.32 Å². The van der Waals surface area contributed by atoms with Gasteiger partial charge in [-0.05, 0) is 30.3 Å². The van der Waals surface area contributed by atoms with Crippen LogP contribution in [0.5, 0.6) is 0 Å². The fraction of sp³-hybridized carbons (Fsp3) is 0. The molecule has 1 aromatic carbocycles. The molecule has 0 atom stereocenters. The molecule has 0 aliphatic heterocycles. The summed E-state index contributed by atoms with van der Waals surface area (Å²) in [4.78, 5) is 16.3. The minimum absolute atomic E-state index is 0.289. The number of nitrogens with one attached hydrogen (secondary N) is 1. The van der Waals surface area contributed by atoms with E-state index in [9.17, 15) is 4.79 Å². The predicted molar refractivity (Wildman–Crippen MR) is 72.1 cm³/mol. The summed E-state index contributed by atoms with van der Waals surface area (Å²) < 4.78 is 1.54. The van der Waals surface area contributed by atoms with Gasteiger partial charge in [0.15, 0.2) is 5.65 Å². The van der Waals surface area contributed by atoms with Crippen molar-refractivity contribution < 1.29 is 4.79 Å². The maximum absolute atomic E-state index is 12.2. The van der Waals surface area contributed by atoms with Gasteiger partial charge >= 0.3 is 0 Å². The van der Waals surface area contributed by atoms with E-state index in [0.717, 1.165) is 0 Å². The Labute approximate surface area is 114 Å². The summed E-state index contributed by atoms with van der Waals surface area (Å²) in [6, 6.07) is 10.4. The summed E-state index contributed by atoms with van der Waals surface area (Å²) in [5, 5.41) is 15.5. The van der Waals surface area contributed by atoms with Gasteiger partial charge in [-0.2, -0.15) is 10.4 Å². The Hall–Kier alpha value is -3.20. The molecule has 0 radical (unpaired) electrons. The van der Waals surface area contributed by atoms with Gasteiger partial charge < -0.3 is 5.32 Å². The van der Waals surface area contributed by atoms with E-state index in [1.807, 2.05) is 6.07 Å². The molecule has 0 aliphatic carbocycles. The number of carbonyl (C=O) groups is 1.